The van der Waals surface area contributed by atoms with Crippen molar-refractivity contribution in [2.24, 2.45) is 11.8 Å². The van der Waals surface area contributed by atoms with Gasteiger partial charge >= 0.3 is 0 Å². The number of carbonyl (C=O) groups is 1. The molecule has 2 heteroatoms. The normalized spacial score (nSPS) is 26.3. The maximum absolute atomic E-state index is 11.8. The Hall–Kier alpha value is -1.31. The third-order valence-electron chi connectivity index (χ3n) is 3.81. The highest BCUT2D eigenvalue weighted by molar-refractivity contribution is 5.94. The average Bonchev–Trinajstić information content (AvgIpc) is 2.83. The van der Waals surface area contributed by atoms with Crippen LogP contribution in [0.1, 0.15) is 30.9 Å². The van der Waals surface area contributed by atoms with Gasteiger partial charge in [-0.2, -0.15) is 0 Å². The van der Waals surface area contributed by atoms with Crippen LogP contribution in [0.15, 0.2) is 18.2 Å². The number of carbonyl (C=O) groups excluding carboxylic acids is 1. The minimum absolute atomic E-state index is 0.199. The topological polar surface area (TPSA) is 29.1 Å². The lowest BCUT2D eigenvalue weighted by Gasteiger charge is -2.06. The predicted molar refractivity (Wildman–Crippen MR) is 64.4 cm³/mol. The molecule has 2 unspecified atom stereocenters. The van der Waals surface area contributed by atoms with Crippen LogP contribution in [0.5, 0.6) is 0 Å². The van der Waals surface area contributed by atoms with Crippen molar-refractivity contribution in [2.75, 3.05) is 5.32 Å². The molecule has 0 spiro atoms. The molecule has 1 fully saturated rings. The zero-order chi connectivity index (χ0) is 11.1. The first-order valence-electron chi connectivity index (χ1n) is 6.17. The van der Waals surface area contributed by atoms with Crippen molar-refractivity contribution in [3.63, 3.8) is 0 Å². The largest absolute Gasteiger partial charge is 0.326 e. The molecule has 0 aliphatic heterocycles. The summed E-state index contributed by atoms with van der Waals surface area (Å²) in [7, 11) is 0. The Morgan fingerprint density at radius 1 is 1.31 bits per heavy atom. The first-order valence-corrected chi connectivity index (χ1v) is 6.17. The van der Waals surface area contributed by atoms with Crippen molar-refractivity contribution in [2.45, 2.75) is 32.6 Å². The molecular formula is C14H17NO. The Balaban J connectivity index is 1.73. The van der Waals surface area contributed by atoms with Crippen LogP contribution in [-0.2, 0) is 17.6 Å². The Morgan fingerprint density at radius 3 is 2.81 bits per heavy atom. The van der Waals surface area contributed by atoms with Crippen LogP contribution in [-0.4, -0.2) is 5.91 Å². The summed E-state index contributed by atoms with van der Waals surface area (Å²) < 4.78 is 0. The summed E-state index contributed by atoms with van der Waals surface area (Å²) in [5, 5.41) is 3.03. The molecule has 2 nitrogen and oxygen atoms in total. The average molecular weight is 215 g/mol. The summed E-state index contributed by atoms with van der Waals surface area (Å²) >= 11 is 0. The van der Waals surface area contributed by atoms with Crippen LogP contribution >= 0.6 is 0 Å². The van der Waals surface area contributed by atoms with Gasteiger partial charge < -0.3 is 5.32 Å². The van der Waals surface area contributed by atoms with Crippen molar-refractivity contribution in [1.82, 2.24) is 0 Å². The van der Waals surface area contributed by atoms with E-state index in [1.165, 1.54) is 30.4 Å². The summed E-state index contributed by atoms with van der Waals surface area (Å²) in [5.74, 6) is 1.04. The molecule has 16 heavy (non-hydrogen) atoms. The molecule has 84 valence electrons. The molecule has 1 amide bonds. The fraction of sp³-hybridized carbons (Fsp3) is 0.500. The van der Waals surface area contributed by atoms with E-state index in [-0.39, 0.29) is 11.8 Å². The first-order chi connectivity index (χ1) is 7.74. The summed E-state index contributed by atoms with van der Waals surface area (Å²) in [5.41, 5.74) is 3.85. The Morgan fingerprint density at radius 2 is 2.06 bits per heavy atom. The highest BCUT2D eigenvalue weighted by Gasteiger charge is 2.39. The molecule has 1 saturated carbocycles. The Kier molecular flexibility index (Phi) is 2.23. The molecule has 2 aliphatic rings. The zero-order valence-corrected chi connectivity index (χ0v) is 9.62. The van der Waals surface area contributed by atoms with E-state index in [9.17, 15) is 4.79 Å². The van der Waals surface area contributed by atoms with Crippen LogP contribution in [0.4, 0.5) is 5.69 Å². The smallest absolute Gasteiger partial charge is 0.227 e. The summed E-state index contributed by atoms with van der Waals surface area (Å²) in [6.07, 6.45) is 4.67. The molecule has 0 aromatic heterocycles. The van der Waals surface area contributed by atoms with E-state index < -0.39 is 0 Å². The summed E-state index contributed by atoms with van der Waals surface area (Å²) in [6, 6.07) is 6.34. The number of hydrogen-bond donors (Lipinski definition) is 1. The van der Waals surface area contributed by atoms with Gasteiger partial charge in [-0.25, -0.2) is 0 Å². The molecule has 0 saturated heterocycles. The van der Waals surface area contributed by atoms with Crippen LogP contribution in [0.25, 0.3) is 0 Å². The lowest BCUT2D eigenvalue weighted by atomic mass is 10.1. The lowest BCUT2D eigenvalue weighted by Crippen LogP contribution is -2.14. The molecule has 3 rings (SSSR count). The number of anilines is 1. The van der Waals surface area contributed by atoms with Gasteiger partial charge in [0, 0.05) is 11.6 Å². The van der Waals surface area contributed by atoms with Crippen molar-refractivity contribution < 1.29 is 4.79 Å². The monoisotopic (exact) mass is 215 g/mol. The zero-order valence-electron chi connectivity index (χ0n) is 9.62. The molecule has 2 aliphatic carbocycles. The maximum atomic E-state index is 11.8. The van der Waals surface area contributed by atoms with Crippen LogP contribution in [0.2, 0.25) is 0 Å². The molecular weight excluding hydrogens is 198 g/mol. The van der Waals surface area contributed by atoms with Crippen molar-refractivity contribution in [1.29, 1.82) is 0 Å². The van der Waals surface area contributed by atoms with Crippen molar-refractivity contribution in [3.05, 3.63) is 29.3 Å². The van der Waals surface area contributed by atoms with Gasteiger partial charge in [-0.05, 0) is 54.9 Å². The Bertz CT molecular complexity index is 438. The van der Waals surface area contributed by atoms with E-state index in [0.29, 0.717) is 5.92 Å². The van der Waals surface area contributed by atoms with E-state index in [0.717, 1.165) is 12.1 Å². The van der Waals surface area contributed by atoms with E-state index >= 15 is 0 Å². The van der Waals surface area contributed by atoms with E-state index in [1.54, 1.807) is 0 Å². The van der Waals surface area contributed by atoms with Gasteiger partial charge in [-0.3, -0.25) is 4.79 Å². The second kappa shape index (κ2) is 3.62. The molecule has 0 radical (unpaired) electrons. The molecule has 1 aromatic carbocycles. The second-order valence-corrected chi connectivity index (χ2v) is 5.15. The van der Waals surface area contributed by atoms with Crippen LogP contribution in [0.3, 0.4) is 0 Å². The van der Waals surface area contributed by atoms with Crippen molar-refractivity contribution in [3.8, 4) is 0 Å². The van der Waals surface area contributed by atoms with Gasteiger partial charge in [-0.15, -0.1) is 0 Å². The number of hydrogen-bond acceptors (Lipinski definition) is 1. The quantitative estimate of drug-likeness (QED) is 0.807. The standard InChI is InChI=1S/C14H17NO/c1-9-7-13(9)14(16)15-12-6-5-10-3-2-4-11(10)8-12/h5-6,8-9,13H,2-4,7H2,1H3,(H,15,16). The van der Waals surface area contributed by atoms with Crippen LogP contribution in [0, 0.1) is 11.8 Å². The first kappa shape index (κ1) is 9.88. The number of nitrogens with one attached hydrogen (secondary N) is 1. The van der Waals surface area contributed by atoms with Gasteiger partial charge in [0.05, 0.1) is 0 Å². The minimum Gasteiger partial charge on any atom is -0.326 e. The van der Waals surface area contributed by atoms with E-state index in [1.807, 2.05) is 6.07 Å². The highest BCUT2D eigenvalue weighted by atomic mass is 16.2. The van der Waals surface area contributed by atoms with Gasteiger partial charge in [0.2, 0.25) is 5.91 Å². The van der Waals surface area contributed by atoms with Gasteiger partial charge in [-0.1, -0.05) is 13.0 Å². The number of benzene rings is 1. The summed E-state index contributed by atoms with van der Waals surface area (Å²) in [4.78, 5) is 11.8. The second-order valence-electron chi connectivity index (χ2n) is 5.15. The van der Waals surface area contributed by atoms with E-state index in [2.05, 4.69) is 24.4 Å². The van der Waals surface area contributed by atoms with Gasteiger partial charge in [0.25, 0.3) is 0 Å². The molecule has 1 N–H and O–H groups in total. The lowest BCUT2D eigenvalue weighted by molar-refractivity contribution is -0.117. The third kappa shape index (κ3) is 1.73. The maximum Gasteiger partial charge on any atom is 0.227 e. The number of fused-ring (bicyclic) bond motifs is 1. The third-order valence-corrected chi connectivity index (χ3v) is 3.81. The molecule has 0 bridgehead atoms. The molecule has 1 aromatic rings. The minimum atomic E-state index is 0.199. The SMILES string of the molecule is CC1CC1C(=O)Nc1ccc2c(c1)CCC2. The predicted octanol–water partition coefficient (Wildman–Crippen LogP) is 2.77. The van der Waals surface area contributed by atoms with E-state index in [4.69, 9.17) is 0 Å². The van der Waals surface area contributed by atoms with Crippen molar-refractivity contribution >= 4 is 11.6 Å². The number of amides is 1. The Labute approximate surface area is 96.1 Å². The highest BCUT2D eigenvalue weighted by Crippen LogP contribution is 2.38. The van der Waals surface area contributed by atoms with Gasteiger partial charge in [0.1, 0.15) is 0 Å². The fourth-order valence-corrected chi connectivity index (χ4v) is 2.57. The van der Waals surface area contributed by atoms with Gasteiger partial charge in [0.15, 0.2) is 0 Å². The fourth-order valence-electron chi connectivity index (χ4n) is 2.57. The summed E-state index contributed by atoms with van der Waals surface area (Å²) in [6.45, 7) is 2.13. The number of aryl methyl sites for hydroxylation is 2. The molecule has 2 atom stereocenters. The number of rotatable bonds is 2. The molecule has 0 heterocycles. The van der Waals surface area contributed by atoms with Crippen LogP contribution < -0.4 is 5.32 Å².